The molecule has 1 aromatic rings. The fraction of sp³-hybridized carbons (Fsp3) is 0.474. The SMILES string of the molecule is COC(=O)C/C=C/[C@H](C)[C@H](CCOCc1ccccc1)NC(=O)OC. The molecule has 0 aliphatic heterocycles. The Kier molecular flexibility index (Phi) is 10.0. The maximum Gasteiger partial charge on any atom is 0.407 e. The van der Waals surface area contributed by atoms with E-state index in [2.05, 4.69) is 14.8 Å². The van der Waals surface area contributed by atoms with E-state index in [0.717, 1.165) is 5.56 Å². The van der Waals surface area contributed by atoms with Gasteiger partial charge in [0.1, 0.15) is 0 Å². The minimum Gasteiger partial charge on any atom is -0.469 e. The largest absolute Gasteiger partial charge is 0.469 e. The number of hydrogen-bond donors (Lipinski definition) is 1. The van der Waals surface area contributed by atoms with Crippen molar-refractivity contribution in [2.75, 3.05) is 20.8 Å². The number of nitrogens with one attached hydrogen (secondary N) is 1. The Bertz CT molecular complexity index is 544. The molecule has 0 unspecified atom stereocenters. The third kappa shape index (κ3) is 8.91. The summed E-state index contributed by atoms with van der Waals surface area (Å²) in [6.07, 6.45) is 3.98. The van der Waals surface area contributed by atoms with Gasteiger partial charge < -0.3 is 19.5 Å². The first-order valence-electron chi connectivity index (χ1n) is 8.26. The first kappa shape index (κ1) is 20.7. The summed E-state index contributed by atoms with van der Waals surface area (Å²) >= 11 is 0. The van der Waals surface area contributed by atoms with Crippen molar-refractivity contribution < 1.29 is 23.8 Å². The van der Waals surface area contributed by atoms with E-state index in [1.165, 1.54) is 14.2 Å². The monoisotopic (exact) mass is 349 g/mol. The van der Waals surface area contributed by atoms with Gasteiger partial charge in [0.15, 0.2) is 0 Å². The molecule has 0 saturated carbocycles. The number of amides is 1. The molecule has 6 heteroatoms. The molecular weight excluding hydrogens is 322 g/mol. The molecule has 0 fully saturated rings. The van der Waals surface area contributed by atoms with Crippen molar-refractivity contribution >= 4 is 12.1 Å². The Morgan fingerprint density at radius 3 is 2.52 bits per heavy atom. The van der Waals surface area contributed by atoms with Crippen LogP contribution in [0.4, 0.5) is 4.79 Å². The Balaban J connectivity index is 2.48. The first-order valence-corrected chi connectivity index (χ1v) is 8.26. The zero-order valence-corrected chi connectivity index (χ0v) is 15.1. The van der Waals surface area contributed by atoms with Crippen molar-refractivity contribution in [3.05, 3.63) is 48.0 Å². The Morgan fingerprint density at radius 1 is 1.16 bits per heavy atom. The molecule has 1 amide bonds. The third-order valence-corrected chi connectivity index (χ3v) is 3.76. The van der Waals surface area contributed by atoms with Crippen LogP contribution in [0.1, 0.15) is 25.3 Å². The van der Waals surface area contributed by atoms with E-state index in [0.29, 0.717) is 19.6 Å². The lowest BCUT2D eigenvalue weighted by Gasteiger charge is -2.22. The topological polar surface area (TPSA) is 73.9 Å². The van der Waals surface area contributed by atoms with Gasteiger partial charge >= 0.3 is 12.1 Å². The zero-order valence-electron chi connectivity index (χ0n) is 15.1. The third-order valence-electron chi connectivity index (χ3n) is 3.76. The number of ether oxygens (including phenoxy) is 3. The molecule has 0 saturated heterocycles. The van der Waals surface area contributed by atoms with E-state index in [4.69, 9.17) is 4.74 Å². The second-order valence-electron chi connectivity index (χ2n) is 5.64. The highest BCUT2D eigenvalue weighted by Gasteiger charge is 2.18. The van der Waals surface area contributed by atoms with Crippen LogP contribution >= 0.6 is 0 Å². The van der Waals surface area contributed by atoms with Crippen LogP contribution in [0, 0.1) is 5.92 Å². The number of esters is 1. The molecule has 0 radical (unpaired) electrons. The number of rotatable bonds is 10. The van der Waals surface area contributed by atoms with Crippen molar-refractivity contribution in [3.8, 4) is 0 Å². The fourth-order valence-electron chi connectivity index (χ4n) is 2.25. The van der Waals surface area contributed by atoms with Crippen molar-refractivity contribution in [1.82, 2.24) is 5.32 Å². The Morgan fingerprint density at radius 2 is 1.88 bits per heavy atom. The molecule has 0 heterocycles. The van der Waals surface area contributed by atoms with E-state index < -0.39 is 6.09 Å². The molecule has 0 aliphatic rings. The van der Waals surface area contributed by atoms with Gasteiger partial charge in [-0.1, -0.05) is 49.4 Å². The summed E-state index contributed by atoms with van der Waals surface area (Å²) in [6, 6.07) is 9.74. The van der Waals surface area contributed by atoms with Gasteiger partial charge in [0.2, 0.25) is 0 Å². The Labute approximate surface area is 149 Å². The van der Waals surface area contributed by atoms with E-state index in [1.807, 2.05) is 43.3 Å². The Hall–Kier alpha value is -2.34. The predicted molar refractivity (Wildman–Crippen MR) is 95.0 cm³/mol. The van der Waals surface area contributed by atoms with Gasteiger partial charge in [-0.25, -0.2) is 4.79 Å². The summed E-state index contributed by atoms with van der Waals surface area (Å²) in [7, 11) is 2.68. The van der Waals surface area contributed by atoms with Gasteiger partial charge in [-0.3, -0.25) is 4.79 Å². The molecule has 138 valence electrons. The van der Waals surface area contributed by atoms with Gasteiger partial charge in [-0.2, -0.15) is 0 Å². The molecule has 1 aromatic carbocycles. The van der Waals surface area contributed by atoms with Crippen LogP contribution in [0.5, 0.6) is 0 Å². The maximum absolute atomic E-state index is 11.5. The minimum absolute atomic E-state index is 0.0177. The highest BCUT2D eigenvalue weighted by atomic mass is 16.5. The number of alkyl carbamates (subject to hydrolysis) is 1. The van der Waals surface area contributed by atoms with Gasteiger partial charge in [0.25, 0.3) is 0 Å². The lowest BCUT2D eigenvalue weighted by Crippen LogP contribution is -2.39. The van der Waals surface area contributed by atoms with E-state index in [1.54, 1.807) is 6.08 Å². The molecule has 0 bridgehead atoms. The van der Waals surface area contributed by atoms with E-state index in [-0.39, 0.29) is 24.3 Å². The highest BCUT2D eigenvalue weighted by molar-refractivity contribution is 5.70. The number of hydrogen-bond acceptors (Lipinski definition) is 5. The summed E-state index contributed by atoms with van der Waals surface area (Å²) in [4.78, 5) is 22.7. The average molecular weight is 349 g/mol. The number of benzene rings is 1. The molecule has 0 spiro atoms. The summed E-state index contributed by atoms with van der Waals surface area (Å²) in [5.41, 5.74) is 1.10. The molecule has 0 aromatic heterocycles. The van der Waals surface area contributed by atoms with Crippen molar-refractivity contribution in [3.63, 3.8) is 0 Å². The van der Waals surface area contributed by atoms with E-state index >= 15 is 0 Å². The normalized spacial score (nSPS) is 13.2. The lowest BCUT2D eigenvalue weighted by molar-refractivity contribution is -0.139. The van der Waals surface area contributed by atoms with Crippen LogP contribution in [0.3, 0.4) is 0 Å². The van der Waals surface area contributed by atoms with Gasteiger partial charge in [0.05, 0.1) is 27.2 Å². The lowest BCUT2D eigenvalue weighted by atomic mass is 9.98. The van der Waals surface area contributed by atoms with Crippen LogP contribution < -0.4 is 5.32 Å². The maximum atomic E-state index is 11.5. The highest BCUT2D eigenvalue weighted by Crippen LogP contribution is 2.11. The van der Waals surface area contributed by atoms with Gasteiger partial charge in [-0.05, 0) is 17.9 Å². The number of carbonyl (C=O) groups is 2. The molecule has 25 heavy (non-hydrogen) atoms. The molecular formula is C19H27NO5. The number of methoxy groups -OCH3 is 2. The van der Waals surface area contributed by atoms with Crippen molar-refractivity contribution in [2.24, 2.45) is 5.92 Å². The minimum atomic E-state index is -0.485. The average Bonchev–Trinajstić information content (AvgIpc) is 2.64. The van der Waals surface area contributed by atoms with Crippen LogP contribution in [-0.4, -0.2) is 38.9 Å². The molecule has 1 N–H and O–H groups in total. The van der Waals surface area contributed by atoms with Gasteiger partial charge in [-0.15, -0.1) is 0 Å². The van der Waals surface area contributed by atoms with Crippen LogP contribution in [0.2, 0.25) is 0 Å². The fourth-order valence-corrected chi connectivity index (χ4v) is 2.25. The standard InChI is InChI=1S/C19H27NO5/c1-15(8-7-11-18(21)23-2)17(20-19(22)24-3)12-13-25-14-16-9-5-4-6-10-16/h4-10,15,17H,11-14H2,1-3H3,(H,20,22)/b8-7+/t15-,17-/m0/s1. The number of carbonyl (C=O) groups excluding carboxylic acids is 2. The molecule has 2 atom stereocenters. The molecule has 1 rings (SSSR count). The molecule has 0 aliphatic carbocycles. The second-order valence-corrected chi connectivity index (χ2v) is 5.64. The first-order chi connectivity index (χ1) is 12.1. The predicted octanol–water partition coefficient (Wildman–Crippen LogP) is 3.07. The van der Waals surface area contributed by atoms with Crippen molar-refractivity contribution in [2.45, 2.75) is 32.4 Å². The molecule has 6 nitrogen and oxygen atoms in total. The summed E-state index contributed by atoms with van der Waals surface area (Å²) in [5.74, 6) is -0.281. The summed E-state index contributed by atoms with van der Waals surface area (Å²) in [6.45, 7) is 2.99. The van der Waals surface area contributed by atoms with Crippen LogP contribution in [0.25, 0.3) is 0 Å². The van der Waals surface area contributed by atoms with E-state index in [9.17, 15) is 9.59 Å². The van der Waals surface area contributed by atoms with Crippen LogP contribution in [0.15, 0.2) is 42.5 Å². The van der Waals surface area contributed by atoms with Crippen LogP contribution in [-0.2, 0) is 25.6 Å². The summed E-state index contributed by atoms with van der Waals surface area (Å²) < 4.78 is 15.0. The van der Waals surface area contributed by atoms with Gasteiger partial charge in [0, 0.05) is 12.6 Å². The smallest absolute Gasteiger partial charge is 0.407 e. The quantitative estimate of drug-likeness (QED) is 0.399. The van der Waals surface area contributed by atoms with Crippen molar-refractivity contribution in [1.29, 1.82) is 0 Å². The second kappa shape index (κ2) is 12.1. The zero-order chi connectivity index (χ0) is 18.5. The summed E-state index contributed by atoms with van der Waals surface area (Å²) in [5, 5.41) is 2.81.